The molecule has 0 aliphatic heterocycles. The van der Waals surface area contributed by atoms with Gasteiger partial charge >= 0.3 is 0 Å². The Hall–Kier alpha value is -2.41. The van der Waals surface area contributed by atoms with Crippen LogP contribution in [0.3, 0.4) is 0 Å². The quantitative estimate of drug-likeness (QED) is 0.791. The Labute approximate surface area is 128 Å². The molecule has 0 aliphatic carbocycles. The largest absolute Gasteiger partial charge is 0.496 e. The number of carbonyl (C=O) groups excluding carboxylic acids is 1. The molecule has 0 fully saturated rings. The third-order valence-electron chi connectivity index (χ3n) is 2.87. The molecule has 0 spiro atoms. The first kappa shape index (κ1) is 13.6. The second-order valence-electron chi connectivity index (χ2n) is 4.24. The van der Waals surface area contributed by atoms with Crippen LogP contribution in [0.4, 0.5) is 5.95 Å². The highest BCUT2D eigenvalue weighted by molar-refractivity contribution is 9.10. The predicted octanol–water partition coefficient (Wildman–Crippen LogP) is 2.75. The molecule has 21 heavy (non-hydrogen) atoms. The maximum absolute atomic E-state index is 12.3. The monoisotopic (exact) mass is 346 g/mol. The van der Waals surface area contributed by atoms with E-state index in [1.165, 1.54) is 7.11 Å². The molecule has 3 rings (SSSR count). The van der Waals surface area contributed by atoms with E-state index in [0.29, 0.717) is 17.0 Å². The summed E-state index contributed by atoms with van der Waals surface area (Å²) in [6.45, 7) is 0. The van der Waals surface area contributed by atoms with Gasteiger partial charge in [-0.3, -0.25) is 10.1 Å². The van der Waals surface area contributed by atoms with Crippen molar-refractivity contribution in [1.82, 2.24) is 14.6 Å². The van der Waals surface area contributed by atoms with Crippen LogP contribution >= 0.6 is 15.9 Å². The first-order chi connectivity index (χ1) is 10.2. The first-order valence-corrected chi connectivity index (χ1v) is 6.93. The van der Waals surface area contributed by atoms with E-state index in [2.05, 4.69) is 31.3 Å². The van der Waals surface area contributed by atoms with E-state index in [-0.39, 0.29) is 11.9 Å². The lowest BCUT2D eigenvalue weighted by Crippen LogP contribution is -2.14. The van der Waals surface area contributed by atoms with Gasteiger partial charge in [0.05, 0.1) is 12.7 Å². The van der Waals surface area contributed by atoms with Gasteiger partial charge in [-0.05, 0) is 30.3 Å². The van der Waals surface area contributed by atoms with Crippen molar-refractivity contribution in [1.29, 1.82) is 0 Å². The standard InChI is InChI=1S/C14H11BrN4O2/c1-21-11-8-9(15)5-6-10(11)13(20)17-14-16-12-4-2-3-7-19(12)18-14/h2-8H,1H3,(H,17,18,20). The van der Waals surface area contributed by atoms with Crippen molar-refractivity contribution >= 4 is 33.4 Å². The molecule has 1 N–H and O–H groups in total. The number of nitrogens with zero attached hydrogens (tertiary/aromatic N) is 3. The summed E-state index contributed by atoms with van der Waals surface area (Å²) in [6.07, 6.45) is 1.76. The SMILES string of the molecule is COc1cc(Br)ccc1C(=O)Nc1nc2ccccn2n1. The average Bonchev–Trinajstić information content (AvgIpc) is 2.88. The van der Waals surface area contributed by atoms with Crippen LogP contribution < -0.4 is 10.1 Å². The highest BCUT2D eigenvalue weighted by Crippen LogP contribution is 2.24. The van der Waals surface area contributed by atoms with Crippen molar-refractivity contribution in [2.45, 2.75) is 0 Å². The van der Waals surface area contributed by atoms with E-state index < -0.39 is 0 Å². The first-order valence-electron chi connectivity index (χ1n) is 6.13. The van der Waals surface area contributed by atoms with Crippen LogP contribution in [-0.4, -0.2) is 27.6 Å². The van der Waals surface area contributed by atoms with Gasteiger partial charge in [0.25, 0.3) is 5.91 Å². The molecule has 0 aliphatic rings. The van der Waals surface area contributed by atoms with Gasteiger partial charge in [0.2, 0.25) is 5.95 Å². The summed E-state index contributed by atoms with van der Waals surface area (Å²) in [5.74, 6) is 0.400. The van der Waals surface area contributed by atoms with Crippen molar-refractivity contribution in [3.8, 4) is 5.75 Å². The van der Waals surface area contributed by atoms with E-state index in [1.54, 1.807) is 28.9 Å². The number of hydrogen-bond acceptors (Lipinski definition) is 4. The lowest BCUT2D eigenvalue weighted by Gasteiger charge is -2.07. The summed E-state index contributed by atoms with van der Waals surface area (Å²) in [5, 5.41) is 6.84. The van der Waals surface area contributed by atoms with Gasteiger partial charge in [-0.2, -0.15) is 4.98 Å². The van der Waals surface area contributed by atoms with Crippen molar-refractivity contribution in [3.05, 3.63) is 52.6 Å². The van der Waals surface area contributed by atoms with Gasteiger partial charge in [0.1, 0.15) is 5.75 Å². The van der Waals surface area contributed by atoms with E-state index in [9.17, 15) is 4.79 Å². The Morgan fingerprint density at radius 3 is 2.95 bits per heavy atom. The molecule has 1 amide bonds. The van der Waals surface area contributed by atoms with Crippen LogP contribution in [0.15, 0.2) is 47.1 Å². The molecule has 106 valence electrons. The van der Waals surface area contributed by atoms with Crippen molar-refractivity contribution < 1.29 is 9.53 Å². The number of fused-ring (bicyclic) bond motifs is 1. The molecule has 7 heteroatoms. The zero-order chi connectivity index (χ0) is 14.8. The summed E-state index contributed by atoms with van der Waals surface area (Å²) < 4.78 is 7.63. The number of halogens is 1. The lowest BCUT2D eigenvalue weighted by molar-refractivity contribution is 0.102. The Bertz CT molecular complexity index is 783. The fraction of sp³-hybridized carbons (Fsp3) is 0.0714. The van der Waals surface area contributed by atoms with Crippen LogP contribution in [0.2, 0.25) is 0 Å². The number of carbonyl (C=O) groups is 1. The minimum absolute atomic E-state index is 0.246. The number of benzene rings is 1. The number of aromatic nitrogens is 3. The molecule has 0 saturated heterocycles. The molecule has 0 bridgehead atoms. The van der Waals surface area contributed by atoms with Gasteiger partial charge in [-0.15, -0.1) is 5.10 Å². The number of ether oxygens (including phenoxy) is 1. The van der Waals surface area contributed by atoms with Crippen LogP contribution in [0.5, 0.6) is 5.75 Å². The highest BCUT2D eigenvalue weighted by Gasteiger charge is 2.15. The van der Waals surface area contributed by atoms with Gasteiger partial charge in [0.15, 0.2) is 5.65 Å². The molecular formula is C14H11BrN4O2. The van der Waals surface area contributed by atoms with Gasteiger partial charge in [0, 0.05) is 10.7 Å². The molecule has 2 aromatic heterocycles. The summed E-state index contributed by atoms with van der Waals surface area (Å²) in [5.41, 5.74) is 1.08. The van der Waals surface area contributed by atoms with E-state index >= 15 is 0 Å². The van der Waals surface area contributed by atoms with Crippen LogP contribution in [0.25, 0.3) is 5.65 Å². The summed E-state index contributed by atoms with van der Waals surface area (Å²) >= 11 is 3.34. The van der Waals surface area contributed by atoms with E-state index in [0.717, 1.165) is 4.47 Å². The minimum Gasteiger partial charge on any atom is -0.496 e. The summed E-state index contributed by atoms with van der Waals surface area (Å²) in [7, 11) is 1.52. The third-order valence-corrected chi connectivity index (χ3v) is 3.37. The second-order valence-corrected chi connectivity index (χ2v) is 5.15. The maximum atomic E-state index is 12.3. The topological polar surface area (TPSA) is 68.5 Å². The lowest BCUT2D eigenvalue weighted by atomic mass is 10.2. The van der Waals surface area contributed by atoms with Gasteiger partial charge in [-0.25, -0.2) is 4.52 Å². The molecule has 6 nitrogen and oxygen atoms in total. The van der Waals surface area contributed by atoms with Crippen LogP contribution in [-0.2, 0) is 0 Å². The Morgan fingerprint density at radius 2 is 2.19 bits per heavy atom. The van der Waals surface area contributed by atoms with Crippen molar-refractivity contribution in [3.63, 3.8) is 0 Å². The fourth-order valence-electron chi connectivity index (χ4n) is 1.91. The zero-order valence-corrected chi connectivity index (χ0v) is 12.7. The van der Waals surface area contributed by atoms with E-state index in [1.807, 2.05) is 18.2 Å². The molecule has 2 heterocycles. The van der Waals surface area contributed by atoms with Crippen molar-refractivity contribution in [2.75, 3.05) is 12.4 Å². The summed E-state index contributed by atoms with van der Waals surface area (Å²) in [6, 6.07) is 10.7. The van der Waals surface area contributed by atoms with Crippen LogP contribution in [0, 0.1) is 0 Å². The second kappa shape index (κ2) is 5.53. The summed E-state index contributed by atoms with van der Waals surface area (Å²) in [4.78, 5) is 16.5. The number of amides is 1. The normalized spacial score (nSPS) is 10.6. The Kier molecular flexibility index (Phi) is 3.57. The van der Waals surface area contributed by atoms with Crippen LogP contribution in [0.1, 0.15) is 10.4 Å². The average molecular weight is 347 g/mol. The number of hydrogen-bond donors (Lipinski definition) is 1. The molecule has 0 radical (unpaired) electrons. The smallest absolute Gasteiger partial charge is 0.261 e. The van der Waals surface area contributed by atoms with Crippen molar-refractivity contribution in [2.24, 2.45) is 0 Å². The number of pyridine rings is 1. The Balaban J connectivity index is 1.89. The number of anilines is 1. The van der Waals surface area contributed by atoms with E-state index in [4.69, 9.17) is 4.74 Å². The molecular weight excluding hydrogens is 336 g/mol. The predicted molar refractivity (Wildman–Crippen MR) is 81.6 cm³/mol. The number of nitrogens with one attached hydrogen (secondary N) is 1. The maximum Gasteiger partial charge on any atom is 0.261 e. The highest BCUT2D eigenvalue weighted by atomic mass is 79.9. The molecule has 3 aromatic rings. The Morgan fingerprint density at radius 1 is 1.33 bits per heavy atom. The zero-order valence-electron chi connectivity index (χ0n) is 11.1. The molecule has 0 unspecified atom stereocenters. The minimum atomic E-state index is -0.324. The fourth-order valence-corrected chi connectivity index (χ4v) is 2.25. The molecule has 0 atom stereocenters. The third kappa shape index (κ3) is 2.73. The van der Waals surface area contributed by atoms with Gasteiger partial charge in [-0.1, -0.05) is 22.0 Å². The molecule has 0 saturated carbocycles. The number of rotatable bonds is 3. The number of methoxy groups -OCH3 is 1. The molecule has 1 aromatic carbocycles. The van der Waals surface area contributed by atoms with Gasteiger partial charge < -0.3 is 4.74 Å².